The van der Waals surface area contributed by atoms with Crippen molar-refractivity contribution >= 4 is 11.8 Å². The Morgan fingerprint density at radius 1 is 0.913 bits per heavy atom. The SMILES string of the molecule is CC(C(=O)N(C)C)N1CCN(CC(=O)N2CCCCCC2)CC1. The zero-order chi connectivity index (χ0) is 16.8. The van der Waals surface area contributed by atoms with Crippen LogP contribution in [0.2, 0.25) is 0 Å². The van der Waals surface area contributed by atoms with E-state index in [4.69, 9.17) is 0 Å². The minimum Gasteiger partial charge on any atom is -0.347 e. The average Bonchev–Trinajstić information content (AvgIpc) is 2.83. The van der Waals surface area contributed by atoms with E-state index in [9.17, 15) is 9.59 Å². The van der Waals surface area contributed by atoms with Crippen molar-refractivity contribution in [2.45, 2.75) is 38.6 Å². The molecule has 0 bridgehead atoms. The number of hydrogen-bond donors (Lipinski definition) is 0. The number of carbonyl (C=O) groups is 2. The van der Waals surface area contributed by atoms with Crippen LogP contribution < -0.4 is 0 Å². The van der Waals surface area contributed by atoms with Crippen LogP contribution >= 0.6 is 0 Å². The quantitative estimate of drug-likeness (QED) is 0.755. The second-order valence-corrected chi connectivity index (χ2v) is 7.02. The smallest absolute Gasteiger partial charge is 0.239 e. The third-order valence-electron chi connectivity index (χ3n) is 5.07. The van der Waals surface area contributed by atoms with Crippen LogP contribution in [-0.2, 0) is 9.59 Å². The number of hydrogen-bond acceptors (Lipinski definition) is 4. The summed E-state index contributed by atoms with van der Waals surface area (Å²) in [5.74, 6) is 0.428. The van der Waals surface area contributed by atoms with Gasteiger partial charge in [-0.3, -0.25) is 19.4 Å². The van der Waals surface area contributed by atoms with Gasteiger partial charge in [0, 0.05) is 53.4 Å². The van der Waals surface area contributed by atoms with Gasteiger partial charge >= 0.3 is 0 Å². The van der Waals surface area contributed by atoms with Crippen molar-refractivity contribution in [1.82, 2.24) is 19.6 Å². The Kier molecular flexibility index (Phi) is 6.84. The summed E-state index contributed by atoms with van der Waals surface area (Å²) in [4.78, 5) is 32.6. The molecule has 2 heterocycles. The lowest BCUT2D eigenvalue weighted by Gasteiger charge is -2.38. The minimum absolute atomic E-state index is 0.0755. The predicted octanol–water partition coefficient (Wildman–Crippen LogP) is 0.483. The lowest BCUT2D eigenvalue weighted by molar-refractivity contribution is -0.136. The van der Waals surface area contributed by atoms with E-state index in [1.807, 2.05) is 11.8 Å². The third kappa shape index (κ3) is 5.18. The Hall–Kier alpha value is -1.14. The lowest BCUT2D eigenvalue weighted by atomic mass is 10.2. The molecule has 2 fully saturated rings. The number of rotatable bonds is 4. The molecule has 2 aliphatic rings. The molecule has 6 nitrogen and oxygen atoms in total. The van der Waals surface area contributed by atoms with Gasteiger partial charge in [0.05, 0.1) is 12.6 Å². The van der Waals surface area contributed by atoms with Gasteiger partial charge < -0.3 is 9.80 Å². The van der Waals surface area contributed by atoms with Gasteiger partial charge in [0.2, 0.25) is 11.8 Å². The largest absolute Gasteiger partial charge is 0.347 e. The number of carbonyl (C=O) groups excluding carboxylic acids is 2. The van der Waals surface area contributed by atoms with E-state index < -0.39 is 0 Å². The van der Waals surface area contributed by atoms with E-state index in [0.717, 1.165) is 52.1 Å². The summed E-state index contributed by atoms with van der Waals surface area (Å²) in [7, 11) is 3.60. The van der Waals surface area contributed by atoms with Gasteiger partial charge in [-0.2, -0.15) is 0 Å². The van der Waals surface area contributed by atoms with Crippen LogP contribution in [0.1, 0.15) is 32.6 Å². The average molecular weight is 324 g/mol. The Balaban J connectivity index is 1.75. The Morgan fingerprint density at radius 3 is 2.00 bits per heavy atom. The molecule has 0 N–H and O–H groups in total. The van der Waals surface area contributed by atoms with Crippen molar-refractivity contribution in [1.29, 1.82) is 0 Å². The number of likely N-dealkylation sites (tertiary alicyclic amines) is 1. The monoisotopic (exact) mass is 324 g/mol. The normalized spacial score (nSPS) is 22.5. The Labute approximate surface area is 140 Å². The molecule has 0 aliphatic carbocycles. The molecule has 0 radical (unpaired) electrons. The topological polar surface area (TPSA) is 47.1 Å². The van der Waals surface area contributed by atoms with Crippen LogP contribution in [0.3, 0.4) is 0 Å². The maximum atomic E-state index is 12.4. The van der Waals surface area contributed by atoms with Crippen molar-refractivity contribution in [3.8, 4) is 0 Å². The summed E-state index contributed by atoms with van der Waals surface area (Å²) < 4.78 is 0. The summed E-state index contributed by atoms with van der Waals surface area (Å²) in [6, 6.07) is -0.0755. The standard InChI is InChI=1S/C17H32N4O2/c1-15(17(23)18(2)3)20-12-10-19(11-13-20)14-16(22)21-8-6-4-5-7-9-21/h15H,4-14H2,1-3H3. The van der Waals surface area contributed by atoms with Crippen molar-refractivity contribution < 1.29 is 9.59 Å². The van der Waals surface area contributed by atoms with E-state index in [1.165, 1.54) is 12.8 Å². The zero-order valence-electron chi connectivity index (χ0n) is 15.0. The second kappa shape index (κ2) is 8.64. The van der Waals surface area contributed by atoms with Crippen LogP contribution in [0.5, 0.6) is 0 Å². The molecule has 132 valence electrons. The maximum Gasteiger partial charge on any atom is 0.239 e. The molecular weight excluding hydrogens is 292 g/mol. The first kappa shape index (κ1) is 18.2. The van der Waals surface area contributed by atoms with E-state index in [2.05, 4.69) is 9.80 Å². The Bertz CT molecular complexity index is 397. The summed E-state index contributed by atoms with van der Waals surface area (Å²) in [6.07, 6.45) is 4.79. The van der Waals surface area contributed by atoms with Gasteiger partial charge in [-0.15, -0.1) is 0 Å². The molecule has 0 aromatic carbocycles. The van der Waals surface area contributed by atoms with E-state index >= 15 is 0 Å². The van der Waals surface area contributed by atoms with Gasteiger partial charge in [-0.05, 0) is 19.8 Å². The maximum absolute atomic E-state index is 12.4. The lowest BCUT2D eigenvalue weighted by Crippen LogP contribution is -2.55. The minimum atomic E-state index is -0.0755. The van der Waals surface area contributed by atoms with Crippen LogP contribution in [0.15, 0.2) is 0 Å². The second-order valence-electron chi connectivity index (χ2n) is 7.02. The van der Waals surface area contributed by atoms with Crippen LogP contribution in [0, 0.1) is 0 Å². The fourth-order valence-corrected chi connectivity index (χ4v) is 3.45. The highest BCUT2D eigenvalue weighted by Gasteiger charge is 2.27. The number of piperazine rings is 1. The van der Waals surface area contributed by atoms with Crippen LogP contribution in [-0.4, -0.2) is 97.4 Å². The predicted molar refractivity (Wildman–Crippen MR) is 91.2 cm³/mol. The van der Waals surface area contributed by atoms with E-state index in [1.54, 1.807) is 19.0 Å². The van der Waals surface area contributed by atoms with Crippen LogP contribution in [0.4, 0.5) is 0 Å². The number of nitrogens with zero attached hydrogens (tertiary/aromatic N) is 4. The van der Waals surface area contributed by atoms with Gasteiger partial charge in [-0.25, -0.2) is 0 Å². The summed E-state index contributed by atoms with van der Waals surface area (Å²) >= 11 is 0. The molecule has 2 rings (SSSR count). The molecular formula is C17H32N4O2. The molecule has 0 saturated carbocycles. The molecule has 6 heteroatoms. The fourth-order valence-electron chi connectivity index (χ4n) is 3.45. The molecule has 23 heavy (non-hydrogen) atoms. The molecule has 1 atom stereocenters. The summed E-state index contributed by atoms with van der Waals surface area (Å²) in [6.45, 7) is 7.79. The van der Waals surface area contributed by atoms with E-state index in [0.29, 0.717) is 6.54 Å². The zero-order valence-corrected chi connectivity index (χ0v) is 15.0. The van der Waals surface area contributed by atoms with Gasteiger partial charge in [0.1, 0.15) is 0 Å². The molecule has 0 aromatic heterocycles. The van der Waals surface area contributed by atoms with Crippen molar-refractivity contribution in [3.63, 3.8) is 0 Å². The molecule has 1 unspecified atom stereocenters. The van der Waals surface area contributed by atoms with E-state index in [-0.39, 0.29) is 17.9 Å². The van der Waals surface area contributed by atoms with Crippen molar-refractivity contribution in [3.05, 3.63) is 0 Å². The van der Waals surface area contributed by atoms with Crippen LogP contribution in [0.25, 0.3) is 0 Å². The van der Waals surface area contributed by atoms with Gasteiger partial charge in [0.25, 0.3) is 0 Å². The third-order valence-corrected chi connectivity index (χ3v) is 5.07. The molecule has 2 saturated heterocycles. The molecule has 0 aromatic rings. The molecule has 2 amide bonds. The first-order valence-electron chi connectivity index (χ1n) is 8.94. The summed E-state index contributed by atoms with van der Waals surface area (Å²) in [5.41, 5.74) is 0. The molecule has 0 spiro atoms. The summed E-state index contributed by atoms with van der Waals surface area (Å²) in [5, 5.41) is 0. The molecule has 2 aliphatic heterocycles. The number of amides is 2. The first-order chi connectivity index (χ1) is 11.0. The Morgan fingerprint density at radius 2 is 1.48 bits per heavy atom. The highest BCUT2D eigenvalue weighted by atomic mass is 16.2. The van der Waals surface area contributed by atoms with Crippen molar-refractivity contribution in [2.24, 2.45) is 0 Å². The fraction of sp³-hybridized carbons (Fsp3) is 0.882. The van der Waals surface area contributed by atoms with Gasteiger partial charge in [-0.1, -0.05) is 12.8 Å². The van der Waals surface area contributed by atoms with Crippen molar-refractivity contribution in [2.75, 3.05) is 59.9 Å². The highest BCUT2D eigenvalue weighted by molar-refractivity contribution is 5.81. The number of likely N-dealkylation sites (N-methyl/N-ethyl adjacent to an activating group) is 1. The first-order valence-corrected chi connectivity index (χ1v) is 8.94. The highest BCUT2D eigenvalue weighted by Crippen LogP contribution is 2.12. The van der Waals surface area contributed by atoms with Gasteiger partial charge in [0.15, 0.2) is 0 Å².